The smallest absolute Gasteiger partial charge is 0.274 e. The molecule has 8 nitrogen and oxygen atoms in total. The Bertz CT molecular complexity index is 1200. The summed E-state index contributed by atoms with van der Waals surface area (Å²) in [5, 5.41) is 3.04. The number of benzene rings is 2. The maximum absolute atomic E-state index is 13.2. The molecule has 188 valence electrons. The largest absolute Gasteiger partial charge is 0.494 e. The van der Waals surface area contributed by atoms with Crippen molar-refractivity contribution >= 4 is 11.8 Å². The average molecular weight is 489 g/mol. The first-order valence-corrected chi connectivity index (χ1v) is 12.6. The van der Waals surface area contributed by atoms with Gasteiger partial charge in [-0.15, -0.1) is 0 Å². The molecular weight excluding hydrogens is 456 g/mol. The van der Waals surface area contributed by atoms with Crippen LogP contribution in [0.15, 0.2) is 60.9 Å². The summed E-state index contributed by atoms with van der Waals surface area (Å²) in [6.07, 6.45) is 2.96. The Morgan fingerprint density at radius 1 is 1.11 bits per heavy atom. The number of aromatic nitrogens is 2. The highest BCUT2D eigenvalue weighted by Crippen LogP contribution is 2.29. The minimum atomic E-state index is -0.102. The van der Waals surface area contributed by atoms with E-state index in [1.807, 2.05) is 58.9 Å². The lowest BCUT2D eigenvalue weighted by molar-refractivity contribution is -0.126. The zero-order valence-electron chi connectivity index (χ0n) is 20.6. The minimum Gasteiger partial charge on any atom is -0.494 e. The van der Waals surface area contributed by atoms with Crippen molar-refractivity contribution in [3.8, 4) is 5.75 Å². The summed E-state index contributed by atoms with van der Waals surface area (Å²) in [7, 11) is 0. The molecule has 2 aliphatic heterocycles. The van der Waals surface area contributed by atoms with Crippen LogP contribution in [0.5, 0.6) is 5.75 Å². The molecule has 0 spiro atoms. The number of nitrogens with one attached hydrogen (secondary N) is 1. The number of fused-ring (bicyclic) bond motifs is 1. The second kappa shape index (κ2) is 11.0. The lowest BCUT2D eigenvalue weighted by Crippen LogP contribution is -2.43. The Hall–Kier alpha value is -3.65. The lowest BCUT2D eigenvalue weighted by Gasteiger charge is -2.31. The van der Waals surface area contributed by atoms with Crippen molar-refractivity contribution in [2.24, 2.45) is 5.92 Å². The van der Waals surface area contributed by atoms with Crippen LogP contribution in [0, 0.1) is 5.92 Å². The number of imidazole rings is 1. The van der Waals surface area contributed by atoms with Gasteiger partial charge in [-0.1, -0.05) is 42.5 Å². The number of amides is 2. The maximum Gasteiger partial charge on any atom is 0.274 e. The molecule has 0 aliphatic carbocycles. The molecule has 1 fully saturated rings. The Morgan fingerprint density at radius 3 is 2.69 bits per heavy atom. The summed E-state index contributed by atoms with van der Waals surface area (Å²) in [6.45, 7) is 5.08. The molecule has 0 saturated carbocycles. The first-order chi connectivity index (χ1) is 17.6. The number of carbonyl (C=O) groups is 2. The molecule has 1 N–H and O–H groups in total. The molecule has 2 amide bonds. The van der Waals surface area contributed by atoms with E-state index in [0.29, 0.717) is 57.9 Å². The van der Waals surface area contributed by atoms with Crippen LogP contribution < -0.4 is 10.1 Å². The summed E-state index contributed by atoms with van der Waals surface area (Å²) < 4.78 is 13.6. The molecule has 1 unspecified atom stereocenters. The van der Waals surface area contributed by atoms with Gasteiger partial charge >= 0.3 is 0 Å². The van der Waals surface area contributed by atoms with Crippen molar-refractivity contribution in [2.75, 3.05) is 19.7 Å². The fourth-order valence-electron chi connectivity index (χ4n) is 4.92. The number of hydrogen-bond acceptors (Lipinski definition) is 5. The highest BCUT2D eigenvalue weighted by molar-refractivity contribution is 5.93. The van der Waals surface area contributed by atoms with Crippen LogP contribution in [0.2, 0.25) is 0 Å². The van der Waals surface area contributed by atoms with E-state index in [-0.39, 0.29) is 23.8 Å². The quantitative estimate of drug-likeness (QED) is 0.548. The SMILES string of the molecule is CCOc1cccc(CNC(=O)C2CCN(C(=O)c3ncn4c3COC(c3ccccc3)C4)CC2)c1. The lowest BCUT2D eigenvalue weighted by atomic mass is 9.95. The van der Waals surface area contributed by atoms with Crippen LogP contribution in [-0.4, -0.2) is 46.0 Å². The molecule has 1 saturated heterocycles. The fourth-order valence-corrected chi connectivity index (χ4v) is 4.92. The van der Waals surface area contributed by atoms with E-state index in [0.717, 1.165) is 22.6 Å². The third-order valence-electron chi connectivity index (χ3n) is 6.93. The van der Waals surface area contributed by atoms with E-state index < -0.39 is 0 Å². The second-order valence-electron chi connectivity index (χ2n) is 9.27. The average Bonchev–Trinajstić information content (AvgIpc) is 3.36. The molecule has 36 heavy (non-hydrogen) atoms. The highest BCUT2D eigenvalue weighted by atomic mass is 16.5. The summed E-state index contributed by atoms with van der Waals surface area (Å²) >= 11 is 0. The van der Waals surface area contributed by atoms with Gasteiger partial charge in [-0.05, 0) is 43.0 Å². The Balaban J connectivity index is 1.13. The van der Waals surface area contributed by atoms with E-state index in [1.54, 1.807) is 6.33 Å². The molecule has 2 aromatic carbocycles. The molecule has 1 aromatic heterocycles. The van der Waals surface area contributed by atoms with E-state index >= 15 is 0 Å². The second-order valence-corrected chi connectivity index (χ2v) is 9.27. The highest BCUT2D eigenvalue weighted by Gasteiger charge is 2.32. The standard InChI is InChI=1S/C28H32N4O4/c1-2-35-23-10-6-7-20(15-23)16-29-27(33)22-11-13-31(14-12-22)28(34)26-24-18-36-25(17-32(24)19-30-26)21-8-4-3-5-9-21/h3-10,15,19,22,25H,2,11-14,16-18H2,1H3,(H,29,33). The van der Waals surface area contributed by atoms with Gasteiger partial charge in [-0.25, -0.2) is 4.98 Å². The normalized spacial score (nSPS) is 17.9. The van der Waals surface area contributed by atoms with E-state index in [1.165, 1.54) is 0 Å². The number of nitrogens with zero attached hydrogens (tertiary/aromatic N) is 3. The van der Waals surface area contributed by atoms with Gasteiger partial charge in [-0.3, -0.25) is 9.59 Å². The predicted molar refractivity (Wildman–Crippen MR) is 134 cm³/mol. The van der Waals surface area contributed by atoms with Crippen molar-refractivity contribution < 1.29 is 19.1 Å². The molecule has 5 rings (SSSR count). The topological polar surface area (TPSA) is 85.7 Å². The van der Waals surface area contributed by atoms with Gasteiger partial charge in [0, 0.05) is 25.6 Å². The summed E-state index contributed by atoms with van der Waals surface area (Å²) in [6, 6.07) is 17.9. The van der Waals surface area contributed by atoms with Crippen molar-refractivity contribution in [2.45, 2.75) is 45.6 Å². The Labute approximate surface area is 211 Å². The van der Waals surface area contributed by atoms with Crippen LogP contribution >= 0.6 is 0 Å². The third kappa shape index (κ3) is 5.28. The van der Waals surface area contributed by atoms with Crippen LogP contribution in [-0.2, 0) is 29.2 Å². The zero-order chi connectivity index (χ0) is 24.9. The predicted octanol–water partition coefficient (Wildman–Crippen LogP) is 3.72. The van der Waals surface area contributed by atoms with E-state index in [4.69, 9.17) is 9.47 Å². The molecule has 1 atom stereocenters. The number of likely N-dealkylation sites (tertiary alicyclic amines) is 1. The number of carbonyl (C=O) groups excluding carboxylic acids is 2. The van der Waals surface area contributed by atoms with Gasteiger partial charge in [-0.2, -0.15) is 0 Å². The van der Waals surface area contributed by atoms with E-state index in [9.17, 15) is 9.59 Å². The third-order valence-corrected chi connectivity index (χ3v) is 6.93. The van der Waals surface area contributed by atoms with E-state index in [2.05, 4.69) is 22.4 Å². The molecule has 2 aliphatic rings. The van der Waals surface area contributed by atoms with Crippen LogP contribution in [0.3, 0.4) is 0 Å². The van der Waals surface area contributed by atoms with Gasteiger partial charge in [0.25, 0.3) is 5.91 Å². The molecule has 3 heterocycles. The number of piperidine rings is 1. The van der Waals surface area contributed by atoms with Crippen LogP contribution in [0.1, 0.15) is 53.2 Å². The van der Waals surface area contributed by atoms with Crippen LogP contribution in [0.4, 0.5) is 0 Å². The van der Waals surface area contributed by atoms with Gasteiger partial charge in [0.2, 0.25) is 5.91 Å². The summed E-state index contributed by atoms with van der Waals surface area (Å²) in [5.41, 5.74) is 3.40. The van der Waals surface area contributed by atoms with Crippen molar-refractivity contribution in [1.82, 2.24) is 19.8 Å². The Kier molecular flexibility index (Phi) is 7.32. The molecule has 0 radical (unpaired) electrons. The monoisotopic (exact) mass is 488 g/mol. The van der Waals surface area contributed by atoms with Crippen molar-refractivity contribution in [3.05, 3.63) is 83.4 Å². The van der Waals surface area contributed by atoms with Gasteiger partial charge in [0.15, 0.2) is 5.69 Å². The van der Waals surface area contributed by atoms with Crippen molar-refractivity contribution in [1.29, 1.82) is 0 Å². The van der Waals surface area contributed by atoms with Gasteiger partial charge in [0.1, 0.15) is 11.9 Å². The Morgan fingerprint density at radius 2 is 1.92 bits per heavy atom. The van der Waals surface area contributed by atoms with Gasteiger partial charge in [0.05, 0.1) is 31.8 Å². The maximum atomic E-state index is 13.2. The minimum absolute atomic E-state index is 0.0311. The number of rotatable bonds is 7. The summed E-state index contributed by atoms with van der Waals surface area (Å²) in [5.74, 6) is 0.647. The van der Waals surface area contributed by atoms with Gasteiger partial charge < -0.3 is 24.3 Å². The molecular formula is C28H32N4O4. The number of ether oxygens (including phenoxy) is 2. The van der Waals surface area contributed by atoms with Crippen molar-refractivity contribution in [3.63, 3.8) is 0 Å². The first kappa shape index (κ1) is 24.1. The molecule has 0 bridgehead atoms. The zero-order valence-corrected chi connectivity index (χ0v) is 20.6. The molecule has 3 aromatic rings. The fraction of sp³-hybridized carbons (Fsp3) is 0.393. The number of hydrogen-bond donors (Lipinski definition) is 1. The summed E-state index contributed by atoms with van der Waals surface area (Å²) in [4.78, 5) is 32.2. The molecule has 8 heteroatoms. The first-order valence-electron chi connectivity index (χ1n) is 12.6. The van der Waals surface area contributed by atoms with Crippen LogP contribution in [0.25, 0.3) is 0 Å².